The summed E-state index contributed by atoms with van der Waals surface area (Å²) in [4.78, 5) is 3.62. The molecule has 0 bridgehead atoms. The van der Waals surface area contributed by atoms with E-state index in [-0.39, 0.29) is 0 Å². The van der Waals surface area contributed by atoms with E-state index < -0.39 is 0 Å². The lowest BCUT2D eigenvalue weighted by Crippen LogP contribution is -1.77. The topological polar surface area (TPSA) is 12.4 Å². The van der Waals surface area contributed by atoms with E-state index in [9.17, 15) is 0 Å². The summed E-state index contributed by atoms with van der Waals surface area (Å²) in [6.45, 7) is 12.7. The molecule has 0 radical (unpaired) electrons. The fourth-order valence-corrected chi connectivity index (χ4v) is 0.316. The molecule has 0 aliphatic carbocycles. The molecule has 44 valence electrons. The molecule has 0 N–H and O–H groups in total. The molecule has 0 aromatic carbocycles. The quantitative estimate of drug-likeness (QED) is 0.389. The van der Waals surface area contributed by atoms with Crippen molar-refractivity contribution in [2.75, 3.05) is 0 Å². The Bertz CT molecular complexity index is 122. The molecular weight excluding hydrogens is 98.1 g/mol. The van der Waals surface area contributed by atoms with E-state index >= 15 is 0 Å². The highest BCUT2D eigenvalue weighted by molar-refractivity contribution is 5.35. The standard InChI is InChI=1S/C7H11N/c1-5-6(2)7(3)8-4/h2-5H2,1H3. The lowest BCUT2D eigenvalue weighted by molar-refractivity contribution is 1.11. The van der Waals surface area contributed by atoms with Crippen molar-refractivity contribution in [3.05, 3.63) is 24.4 Å². The lowest BCUT2D eigenvalue weighted by atomic mass is 10.2. The summed E-state index contributed by atoms with van der Waals surface area (Å²) < 4.78 is 0. The number of nitrogens with zero attached hydrogens (tertiary/aromatic N) is 1. The number of hydrogen-bond acceptors (Lipinski definition) is 1. The minimum Gasteiger partial charge on any atom is -0.265 e. The maximum absolute atomic E-state index is 3.71. The van der Waals surface area contributed by atoms with E-state index in [1.54, 1.807) is 0 Å². The molecule has 1 nitrogen and oxygen atoms in total. The zero-order valence-corrected chi connectivity index (χ0v) is 5.28. The van der Waals surface area contributed by atoms with Crippen molar-refractivity contribution in [2.24, 2.45) is 4.99 Å². The lowest BCUT2D eigenvalue weighted by Gasteiger charge is -1.96. The van der Waals surface area contributed by atoms with Crippen LogP contribution < -0.4 is 0 Å². The minimum absolute atomic E-state index is 0.701. The molecule has 0 fully saturated rings. The summed E-state index contributed by atoms with van der Waals surface area (Å²) in [5.41, 5.74) is 1.66. The molecule has 0 spiro atoms. The second kappa shape index (κ2) is 3.19. The molecule has 0 atom stereocenters. The zero-order valence-electron chi connectivity index (χ0n) is 5.28. The van der Waals surface area contributed by atoms with Gasteiger partial charge in [-0.2, -0.15) is 0 Å². The van der Waals surface area contributed by atoms with Crippen LogP contribution in [0.4, 0.5) is 0 Å². The van der Waals surface area contributed by atoms with Crippen molar-refractivity contribution in [3.8, 4) is 0 Å². The highest BCUT2D eigenvalue weighted by Crippen LogP contribution is 2.07. The average Bonchev–Trinajstić information content (AvgIpc) is 1.84. The van der Waals surface area contributed by atoms with Crippen molar-refractivity contribution in [1.82, 2.24) is 0 Å². The van der Waals surface area contributed by atoms with E-state index in [1.165, 1.54) is 0 Å². The highest BCUT2D eigenvalue weighted by atomic mass is 14.7. The third-order valence-corrected chi connectivity index (χ3v) is 1.03. The van der Waals surface area contributed by atoms with Gasteiger partial charge in [0, 0.05) is 0 Å². The second-order valence-corrected chi connectivity index (χ2v) is 1.56. The third kappa shape index (κ3) is 1.73. The van der Waals surface area contributed by atoms with E-state index in [2.05, 4.69) is 24.9 Å². The summed E-state index contributed by atoms with van der Waals surface area (Å²) in [7, 11) is 0. The first-order chi connectivity index (χ1) is 3.72. The summed E-state index contributed by atoms with van der Waals surface area (Å²) in [6, 6.07) is 0. The molecule has 0 heterocycles. The van der Waals surface area contributed by atoms with Gasteiger partial charge in [-0.25, -0.2) is 0 Å². The fraction of sp³-hybridized carbons (Fsp3) is 0.286. The molecule has 0 amide bonds. The van der Waals surface area contributed by atoms with Gasteiger partial charge in [0.05, 0.1) is 5.70 Å². The van der Waals surface area contributed by atoms with E-state index in [0.717, 1.165) is 12.0 Å². The molecule has 0 saturated carbocycles. The van der Waals surface area contributed by atoms with E-state index in [1.807, 2.05) is 6.92 Å². The predicted octanol–water partition coefficient (Wildman–Crippen LogP) is 2.17. The van der Waals surface area contributed by atoms with Gasteiger partial charge in [-0.1, -0.05) is 20.1 Å². The monoisotopic (exact) mass is 109 g/mol. The number of rotatable bonds is 3. The van der Waals surface area contributed by atoms with Gasteiger partial charge in [-0.3, -0.25) is 4.99 Å². The van der Waals surface area contributed by atoms with Crippen LogP contribution in [0.5, 0.6) is 0 Å². The second-order valence-electron chi connectivity index (χ2n) is 1.56. The Labute approximate surface area is 50.4 Å². The van der Waals surface area contributed by atoms with Crippen molar-refractivity contribution in [1.29, 1.82) is 0 Å². The largest absolute Gasteiger partial charge is 0.265 e. The Hall–Kier alpha value is -0.850. The summed E-state index contributed by atoms with van der Waals surface area (Å²) in [5, 5.41) is 0. The highest BCUT2D eigenvalue weighted by Gasteiger charge is 1.89. The van der Waals surface area contributed by atoms with Gasteiger partial charge in [-0.05, 0) is 18.7 Å². The van der Waals surface area contributed by atoms with Gasteiger partial charge < -0.3 is 0 Å². The van der Waals surface area contributed by atoms with Crippen LogP contribution in [0, 0.1) is 0 Å². The fourth-order valence-electron chi connectivity index (χ4n) is 0.316. The average molecular weight is 109 g/mol. The van der Waals surface area contributed by atoms with Crippen LogP contribution >= 0.6 is 0 Å². The Morgan fingerprint density at radius 3 is 2.12 bits per heavy atom. The van der Waals surface area contributed by atoms with Crippen LogP contribution in [0.1, 0.15) is 13.3 Å². The maximum atomic E-state index is 3.71. The normalized spacial score (nSPS) is 8.12. The van der Waals surface area contributed by atoms with Crippen LogP contribution in [-0.2, 0) is 0 Å². The summed E-state index contributed by atoms with van der Waals surface area (Å²) >= 11 is 0. The Morgan fingerprint density at radius 2 is 2.00 bits per heavy atom. The molecule has 0 aromatic rings. The van der Waals surface area contributed by atoms with Gasteiger partial charge in [0.15, 0.2) is 0 Å². The molecular formula is C7H11N. The predicted molar refractivity (Wildman–Crippen MR) is 38.1 cm³/mol. The van der Waals surface area contributed by atoms with Gasteiger partial charge >= 0.3 is 0 Å². The van der Waals surface area contributed by atoms with Crippen molar-refractivity contribution < 1.29 is 0 Å². The number of aliphatic imine (C=N–C) groups is 1. The molecule has 8 heavy (non-hydrogen) atoms. The molecule has 0 aliphatic heterocycles. The van der Waals surface area contributed by atoms with Gasteiger partial charge in [0.25, 0.3) is 0 Å². The van der Waals surface area contributed by atoms with Crippen LogP contribution in [-0.4, -0.2) is 6.72 Å². The Balaban J connectivity index is 3.82. The number of allylic oxidation sites excluding steroid dienone is 1. The smallest absolute Gasteiger partial charge is 0.0576 e. The van der Waals surface area contributed by atoms with Crippen molar-refractivity contribution in [2.45, 2.75) is 13.3 Å². The van der Waals surface area contributed by atoms with E-state index in [4.69, 9.17) is 0 Å². The van der Waals surface area contributed by atoms with E-state index in [0.29, 0.717) is 5.70 Å². The first-order valence-corrected chi connectivity index (χ1v) is 2.56. The SMILES string of the molecule is C=NC(=C)C(=C)CC. The third-order valence-electron chi connectivity index (χ3n) is 1.03. The summed E-state index contributed by atoms with van der Waals surface area (Å²) in [5.74, 6) is 0. The Kier molecular flexibility index (Phi) is 2.85. The van der Waals surface area contributed by atoms with Crippen LogP contribution in [0.25, 0.3) is 0 Å². The zero-order chi connectivity index (χ0) is 6.57. The molecule has 0 unspecified atom stereocenters. The first kappa shape index (κ1) is 7.15. The van der Waals surface area contributed by atoms with Gasteiger partial charge in [0.1, 0.15) is 0 Å². The van der Waals surface area contributed by atoms with Gasteiger partial charge in [-0.15, -0.1) is 0 Å². The minimum atomic E-state index is 0.701. The molecule has 0 aliphatic rings. The summed E-state index contributed by atoms with van der Waals surface area (Å²) in [6.07, 6.45) is 0.901. The Morgan fingerprint density at radius 1 is 1.50 bits per heavy atom. The first-order valence-electron chi connectivity index (χ1n) is 2.56. The molecule has 0 saturated heterocycles. The van der Waals surface area contributed by atoms with Crippen molar-refractivity contribution >= 4 is 6.72 Å². The van der Waals surface area contributed by atoms with Crippen molar-refractivity contribution in [3.63, 3.8) is 0 Å². The number of hydrogen-bond donors (Lipinski definition) is 0. The maximum Gasteiger partial charge on any atom is 0.0576 e. The van der Waals surface area contributed by atoms with Crippen LogP contribution in [0.15, 0.2) is 29.4 Å². The van der Waals surface area contributed by atoms with Crippen LogP contribution in [0.3, 0.4) is 0 Å². The molecule has 1 heteroatoms. The van der Waals surface area contributed by atoms with Gasteiger partial charge in [0.2, 0.25) is 0 Å². The van der Waals surface area contributed by atoms with Crippen LogP contribution in [0.2, 0.25) is 0 Å². The molecule has 0 aromatic heterocycles. The molecule has 0 rings (SSSR count).